The molecule has 0 aliphatic rings. The fourth-order valence-electron chi connectivity index (χ4n) is 1.99. The van der Waals surface area contributed by atoms with Crippen molar-refractivity contribution in [1.29, 1.82) is 0 Å². The Kier molecular flexibility index (Phi) is 5.72. The van der Waals surface area contributed by atoms with E-state index >= 15 is 0 Å². The summed E-state index contributed by atoms with van der Waals surface area (Å²) in [5, 5.41) is 9.83. The second-order valence-electron chi connectivity index (χ2n) is 4.18. The van der Waals surface area contributed by atoms with Gasteiger partial charge in [0.15, 0.2) is 0 Å². The summed E-state index contributed by atoms with van der Waals surface area (Å²) in [7, 11) is 7.84. The van der Waals surface area contributed by atoms with Gasteiger partial charge in [0.1, 0.15) is 0 Å². The minimum atomic E-state index is -1.62. The molecule has 0 radical (unpaired) electrons. The third kappa shape index (κ3) is 2.98. The van der Waals surface area contributed by atoms with Gasteiger partial charge in [-0.3, -0.25) is 0 Å². The second-order valence-corrected chi connectivity index (χ2v) is 11.5. The summed E-state index contributed by atoms with van der Waals surface area (Å²) in [6, 6.07) is 9.99. The molecule has 0 amide bonds. The monoisotopic (exact) mass is 430 g/mol. The van der Waals surface area contributed by atoms with Crippen LogP contribution in [0.25, 0.3) is 0 Å². The zero-order chi connectivity index (χ0) is 12.2. The van der Waals surface area contributed by atoms with Crippen LogP contribution in [0.1, 0.15) is 19.4 Å². The van der Waals surface area contributed by atoms with E-state index in [1.54, 1.807) is 14.0 Å². The Balaban J connectivity index is 3.10. The number of halogens is 1. The predicted molar refractivity (Wildman–Crippen MR) is 62.1 cm³/mol. The number of ether oxygens (including phenoxy) is 1. The van der Waals surface area contributed by atoms with Crippen molar-refractivity contribution in [2.45, 2.75) is 29.0 Å². The molecule has 0 spiro atoms. The first-order chi connectivity index (χ1) is 7.56. The fourth-order valence-corrected chi connectivity index (χ4v) is 10.5. The first-order valence-corrected chi connectivity index (χ1v) is 15.3. The summed E-state index contributed by atoms with van der Waals surface area (Å²) in [4.78, 5) is 0. The topological polar surface area (TPSA) is 29.5 Å². The van der Waals surface area contributed by atoms with E-state index in [-0.39, 0.29) is 3.43 Å². The number of rotatable bonds is 5. The van der Waals surface area contributed by atoms with Crippen LogP contribution < -0.4 is 0 Å². The molecule has 2 nitrogen and oxygen atoms in total. The molecule has 16 heavy (non-hydrogen) atoms. The van der Waals surface area contributed by atoms with Crippen LogP contribution in [0.4, 0.5) is 0 Å². The van der Waals surface area contributed by atoms with Crippen LogP contribution in [0.15, 0.2) is 30.3 Å². The summed E-state index contributed by atoms with van der Waals surface area (Å²) in [5.41, 5.74) is 0.627. The summed E-state index contributed by atoms with van der Waals surface area (Å²) in [6.07, 6.45) is -0.413. The normalized spacial score (nSPS) is 18.3. The number of aliphatic hydroxyl groups excluding tert-OH is 1. The summed E-state index contributed by atoms with van der Waals surface area (Å²) >= 11 is -1.62. The van der Waals surface area contributed by atoms with Crippen molar-refractivity contribution >= 4 is 8.25 Å². The van der Waals surface area contributed by atoms with E-state index in [9.17, 15) is 5.11 Å². The predicted octanol–water partition coefficient (Wildman–Crippen LogP) is 2.95. The Labute approximate surface area is 113 Å². The Bertz CT molecular complexity index is 318. The molecule has 0 aromatic heterocycles. The van der Waals surface area contributed by atoms with Gasteiger partial charge >= 0.3 is 113 Å². The quantitative estimate of drug-likeness (QED) is 0.730. The SMILES string of the molecule is CO[C@](C)(c1ccccc1)[C@@H]([Hg][Cl])[C@H](C)O. The van der Waals surface area contributed by atoms with Crippen LogP contribution in [-0.2, 0) is 33.7 Å². The number of aliphatic hydroxyl groups is 1. The van der Waals surface area contributed by atoms with Crippen molar-refractivity contribution in [2.24, 2.45) is 0 Å². The maximum absolute atomic E-state index is 9.83. The van der Waals surface area contributed by atoms with Gasteiger partial charge in [0.05, 0.1) is 0 Å². The van der Waals surface area contributed by atoms with E-state index in [4.69, 9.17) is 13.0 Å². The molecule has 1 aromatic rings. The van der Waals surface area contributed by atoms with Crippen molar-refractivity contribution in [3.05, 3.63) is 35.9 Å². The summed E-state index contributed by atoms with van der Waals surface area (Å²) in [6.45, 7) is 3.81. The maximum atomic E-state index is 9.83. The van der Waals surface area contributed by atoms with Crippen molar-refractivity contribution in [1.82, 2.24) is 0 Å². The minimum absolute atomic E-state index is 0.0848. The van der Waals surface area contributed by atoms with Crippen molar-refractivity contribution in [3.8, 4) is 0 Å². The average molecular weight is 429 g/mol. The molecule has 0 unspecified atom stereocenters. The summed E-state index contributed by atoms with van der Waals surface area (Å²) < 4.78 is 5.73. The fraction of sp³-hybridized carbons (Fsp3) is 0.500. The molecule has 0 saturated carbocycles. The van der Waals surface area contributed by atoms with Crippen molar-refractivity contribution < 1.29 is 33.2 Å². The molecular weight excluding hydrogens is 412 g/mol. The van der Waals surface area contributed by atoms with Gasteiger partial charge in [0.25, 0.3) is 0 Å². The third-order valence-corrected chi connectivity index (χ3v) is 13.1. The second kappa shape index (κ2) is 6.34. The van der Waals surface area contributed by atoms with E-state index in [0.717, 1.165) is 5.56 Å². The van der Waals surface area contributed by atoms with Crippen LogP contribution >= 0.6 is 8.25 Å². The molecule has 4 heteroatoms. The standard InChI is InChI=1S/C12H17O2.ClH.Hg/c1-10(13)9-12(2,14-3)11-7-5-4-6-8-11;;/h4-10,13H,1-3H3;1H;/q;;+1/p-1/t10-,12-;;/m0../s1. The molecule has 3 atom stereocenters. The number of benzene rings is 1. The Morgan fingerprint density at radius 1 is 1.38 bits per heavy atom. The number of methoxy groups -OCH3 is 1. The van der Waals surface area contributed by atoms with Crippen LogP contribution in [-0.4, -0.2) is 18.3 Å². The van der Waals surface area contributed by atoms with E-state index in [1.807, 2.05) is 37.3 Å². The first-order valence-electron chi connectivity index (χ1n) is 5.41. The molecule has 0 aliphatic carbocycles. The third-order valence-electron chi connectivity index (χ3n) is 3.23. The van der Waals surface area contributed by atoms with E-state index in [0.29, 0.717) is 0 Å². The van der Waals surface area contributed by atoms with Gasteiger partial charge in [0, 0.05) is 0 Å². The molecule has 0 bridgehead atoms. The van der Waals surface area contributed by atoms with Crippen LogP contribution in [0.3, 0.4) is 0 Å². The first kappa shape index (κ1) is 14.4. The molecule has 0 saturated heterocycles. The molecular formula is C12H17ClHgO2. The van der Waals surface area contributed by atoms with Crippen molar-refractivity contribution in [2.75, 3.05) is 7.11 Å². The van der Waals surface area contributed by atoms with Gasteiger partial charge in [-0.15, -0.1) is 0 Å². The molecule has 1 N–H and O–H groups in total. The van der Waals surface area contributed by atoms with E-state index < -0.39 is 35.0 Å². The van der Waals surface area contributed by atoms with E-state index in [1.165, 1.54) is 0 Å². The van der Waals surface area contributed by atoms with Crippen LogP contribution in [0.5, 0.6) is 0 Å². The van der Waals surface area contributed by atoms with Gasteiger partial charge in [-0.1, -0.05) is 0 Å². The van der Waals surface area contributed by atoms with E-state index in [2.05, 4.69) is 0 Å². The Hall–Kier alpha value is 0.365. The zero-order valence-corrected chi connectivity index (χ0v) is 16.2. The molecule has 0 heterocycles. The Morgan fingerprint density at radius 2 is 1.94 bits per heavy atom. The van der Waals surface area contributed by atoms with Gasteiger partial charge in [-0.2, -0.15) is 0 Å². The van der Waals surface area contributed by atoms with Crippen molar-refractivity contribution in [3.63, 3.8) is 0 Å². The van der Waals surface area contributed by atoms with Gasteiger partial charge in [-0.05, 0) is 0 Å². The average Bonchev–Trinajstić information content (AvgIpc) is 2.30. The van der Waals surface area contributed by atoms with Gasteiger partial charge in [0.2, 0.25) is 0 Å². The van der Waals surface area contributed by atoms with Crippen LogP contribution in [0, 0.1) is 0 Å². The summed E-state index contributed by atoms with van der Waals surface area (Å²) in [5.74, 6) is 0. The Morgan fingerprint density at radius 3 is 2.31 bits per heavy atom. The van der Waals surface area contributed by atoms with Crippen LogP contribution in [0.2, 0.25) is 3.43 Å². The molecule has 1 aromatic carbocycles. The number of hydrogen-bond acceptors (Lipinski definition) is 2. The number of hydrogen-bond donors (Lipinski definition) is 1. The molecule has 86 valence electrons. The molecule has 0 aliphatic heterocycles. The van der Waals surface area contributed by atoms with Gasteiger partial charge in [-0.25, -0.2) is 0 Å². The molecule has 0 fully saturated rings. The molecule has 1 rings (SSSR count). The zero-order valence-electron chi connectivity index (χ0n) is 9.98. The van der Waals surface area contributed by atoms with Gasteiger partial charge < -0.3 is 0 Å².